The van der Waals surface area contributed by atoms with Gasteiger partial charge in [-0.3, -0.25) is 9.59 Å². The number of nitrogens with one attached hydrogen (secondary N) is 2. The van der Waals surface area contributed by atoms with Crippen LogP contribution in [0.3, 0.4) is 0 Å². The van der Waals surface area contributed by atoms with Gasteiger partial charge in [0, 0.05) is 31.7 Å². The molecule has 0 bridgehead atoms. The van der Waals surface area contributed by atoms with Crippen molar-refractivity contribution in [3.05, 3.63) is 24.0 Å². The topological polar surface area (TPSA) is 67.4 Å². The monoisotopic (exact) mass is 280 g/mol. The molecule has 5 nitrogen and oxygen atoms in total. The maximum absolute atomic E-state index is 13.5. The van der Waals surface area contributed by atoms with Crippen LogP contribution in [-0.4, -0.2) is 25.0 Å². The Morgan fingerprint density at radius 2 is 1.95 bits per heavy atom. The van der Waals surface area contributed by atoms with E-state index in [4.69, 9.17) is 4.74 Å². The third-order valence-electron chi connectivity index (χ3n) is 3.14. The van der Waals surface area contributed by atoms with E-state index in [2.05, 4.69) is 10.6 Å². The third-order valence-corrected chi connectivity index (χ3v) is 3.14. The van der Waals surface area contributed by atoms with Gasteiger partial charge in [-0.05, 0) is 31.0 Å². The van der Waals surface area contributed by atoms with Crippen molar-refractivity contribution >= 4 is 23.2 Å². The summed E-state index contributed by atoms with van der Waals surface area (Å²) in [7, 11) is 0. The Balaban J connectivity index is 2.05. The molecule has 0 unspecified atom stereocenters. The van der Waals surface area contributed by atoms with Crippen molar-refractivity contribution in [3.8, 4) is 0 Å². The second-order valence-corrected chi connectivity index (χ2v) is 4.75. The summed E-state index contributed by atoms with van der Waals surface area (Å²) in [5.74, 6) is -1.09. The van der Waals surface area contributed by atoms with Crippen LogP contribution in [0.1, 0.15) is 19.8 Å². The van der Waals surface area contributed by atoms with Crippen molar-refractivity contribution in [1.29, 1.82) is 0 Å². The average molecular weight is 280 g/mol. The number of rotatable bonds is 3. The lowest BCUT2D eigenvalue weighted by Gasteiger charge is -2.21. The average Bonchev–Trinajstić information content (AvgIpc) is 2.43. The molecule has 20 heavy (non-hydrogen) atoms. The minimum atomic E-state index is -0.538. The highest BCUT2D eigenvalue weighted by atomic mass is 19.1. The molecule has 2 N–H and O–H groups in total. The molecule has 1 heterocycles. The smallest absolute Gasteiger partial charge is 0.227 e. The molecule has 1 aliphatic rings. The second-order valence-electron chi connectivity index (χ2n) is 4.75. The van der Waals surface area contributed by atoms with Crippen LogP contribution in [-0.2, 0) is 14.3 Å². The van der Waals surface area contributed by atoms with Crippen molar-refractivity contribution in [2.75, 3.05) is 23.8 Å². The first-order valence-corrected chi connectivity index (χ1v) is 6.52. The Bertz CT molecular complexity index is 513. The van der Waals surface area contributed by atoms with Crippen LogP contribution in [0.4, 0.5) is 15.8 Å². The predicted molar refractivity (Wildman–Crippen MR) is 72.9 cm³/mol. The van der Waals surface area contributed by atoms with E-state index in [1.807, 2.05) is 0 Å². The number of amides is 2. The molecule has 0 atom stereocenters. The largest absolute Gasteiger partial charge is 0.381 e. The van der Waals surface area contributed by atoms with Gasteiger partial charge in [-0.2, -0.15) is 0 Å². The van der Waals surface area contributed by atoms with Crippen molar-refractivity contribution in [1.82, 2.24) is 0 Å². The van der Waals surface area contributed by atoms with Crippen molar-refractivity contribution < 1.29 is 18.7 Å². The van der Waals surface area contributed by atoms with Gasteiger partial charge in [0.2, 0.25) is 11.8 Å². The SMILES string of the molecule is CC(=O)Nc1cc(NC(=O)C2CCOCC2)ccc1F. The first-order chi connectivity index (χ1) is 9.56. The minimum Gasteiger partial charge on any atom is -0.381 e. The maximum atomic E-state index is 13.5. The van der Waals surface area contributed by atoms with Crippen LogP contribution in [0.2, 0.25) is 0 Å². The molecule has 1 aromatic rings. The molecular weight excluding hydrogens is 263 g/mol. The van der Waals surface area contributed by atoms with E-state index in [0.29, 0.717) is 31.7 Å². The number of carbonyl (C=O) groups excluding carboxylic acids is 2. The molecule has 1 aliphatic heterocycles. The molecule has 2 amide bonds. The number of hydrogen-bond acceptors (Lipinski definition) is 3. The van der Waals surface area contributed by atoms with Gasteiger partial charge in [0.05, 0.1) is 5.69 Å². The zero-order chi connectivity index (χ0) is 14.5. The number of carbonyl (C=O) groups is 2. The van der Waals surface area contributed by atoms with E-state index in [-0.39, 0.29) is 23.4 Å². The molecular formula is C14H17FN2O3. The first-order valence-electron chi connectivity index (χ1n) is 6.52. The Morgan fingerprint density at radius 3 is 2.60 bits per heavy atom. The van der Waals surface area contributed by atoms with E-state index < -0.39 is 5.82 Å². The Kier molecular flexibility index (Phi) is 4.68. The number of anilines is 2. The van der Waals surface area contributed by atoms with Crippen LogP contribution in [0.25, 0.3) is 0 Å². The summed E-state index contributed by atoms with van der Waals surface area (Å²) in [6, 6.07) is 4.09. The highest BCUT2D eigenvalue weighted by Crippen LogP contribution is 2.22. The summed E-state index contributed by atoms with van der Waals surface area (Å²) in [4.78, 5) is 23.0. The molecule has 0 spiro atoms. The summed E-state index contributed by atoms with van der Waals surface area (Å²) in [6.07, 6.45) is 1.37. The molecule has 6 heteroatoms. The van der Waals surface area contributed by atoms with E-state index in [9.17, 15) is 14.0 Å². The normalized spacial score (nSPS) is 15.7. The minimum absolute atomic E-state index is 0.0577. The van der Waals surface area contributed by atoms with Crippen LogP contribution < -0.4 is 10.6 Å². The van der Waals surface area contributed by atoms with Gasteiger partial charge in [-0.25, -0.2) is 4.39 Å². The molecule has 1 saturated heterocycles. The Hall–Kier alpha value is -1.95. The number of hydrogen-bond donors (Lipinski definition) is 2. The van der Waals surface area contributed by atoms with Crippen molar-refractivity contribution in [3.63, 3.8) is 0 Å². The molecule has 1 aromatic carbocycles. The maximum Gasteiger partial charge on any atom is 0.227 e. The van der Waals surface area contributed by atoms with Gasteiger partial charge >= 0.3 is 0 Å². The fraction of sp³-hybridized carbons (Fsp3) is 0.429. The lowest BCUT2D eigenvalue weighted by atomic mass is 9.99. The summed E-state index contributed by atoms with van der Waals surface area (Å²) in [5, 5.41) is 5.12. The standard InChI is InChI=1S/C14H17FN2O3/c1-9(18)16-13-8-11(2-3-12(13)15)17-14(19)10-4-6-20-7-5-10/h2-3,8,10H,4-7H2,1H3,(H,16,18)(H,17,19). The third kappa shape index (κ3) is 3.77. The van der Waals surface area contributed by atoms with Gasteiger partial charge in [0.1, 0.15) is 5.82 Å². The Morgan fingerprint density at radius 1 is 1.25 bits per heavy atom. The molecule has 0 aromatic heterocycles. The number of halogens is 1. The van der Waals surface area contributed by atoms with E-state index in [1.54, 1.807) is 0 Å². The quantitative estimate of drug-likeness (QED) is 0.891. The number of ether oxygens (including phenoxy) is 1. The van der Waals surface area contributed by atoms with E-state index in [1.165, 1.54) is 25.1 Å². The molecule has 0 radical (unpaired) electrons. The molecule has 0 aliphatic carbocycles. The fourth-order valence-electron chi connectivity index (χ4n) is 2.09. The Labute approximate surface area is 116 Å². The van der Waals surface area contributed by atoms with Gasteiger partial charge in [0.25, 0.3) is 0 Å². The zero-order valence-electron chi connectivity index (χ0n) is 11.2. The molecule has 2 rings (SSSR count). The fourth-order valence-corrected chi connectivity index (χ4v) is 2.09. The van der Waals surface area contributed by atoms with E-state index in [0.717, 1.165) is 0 Å². The van der Waals surface area contributed by atoms with Gasteiger partial charge in [-0.1, -0.05) is 0 Å². The molecule has 108 valence electrons. The summed E-state index contributed by atoms with van der Waals surface area (Å²) >= 11 is 0. The van der Waals surface area contributed by atoms with Crippen LogP contribution in [0.5, 0.6) is 0 Å². The van der Waals surface area contributed by atoms with Crippen LogP contribution >= 0.6 is 0 Å². The lowest BCUT2D eigenvalue weighted by molar-refractivity contribution is -0.122. The molecule has 0 saturated carbocycles. The van der Waals surface area contributed by atoms with E-state index >= 15 is 0 Å². The summed E-state index contributed by atoms with van der Waals surface area (Å²) < 4.78 is 18.7. The lowest BCUT2D eigenvalue weighted by Crippen LogP contribution is -2.28. The molecule has 1 fully saturated rings. The first kappa shape index (κ1) is 14.5. The summed E-state index contributed by atoms with van der Waals surface area (Å²) in [5.41, 5.74) is 0.522. The summed E-state index contributed by atoms with van der Waals surface area (Å²) in [6.45, 7) is 2.46. The predicted octanol–water partition coefficient (Wildman–Crippen LogP) is 2.15. The van der Waals surface area contributed by atoms with Crippen LogP contribution in [0.15, 0.2) is 18.2 Å². The van der Waals surface area contributed by atoms with Crippen molar-refractivity contribution in [2.45, 2.75) is 19.8 Å². The number of benzene rings is 1. The second kappa shape index (κ2) is 6.47. The zero-order valence-corrected chi connectivity index (χ0v) is 11.2. The van der Waals surface area contributed by atoms with Gasteiger partial charge < -0.3 is 15.4 Å². The highest BCUT2D eigenvalue weighted by Gasteiger charge is 2.21. The van der Waals surface area contributed by atoms with Gasteiger partial charge in [0.15, 0.2) is 0 Å². The van der Waals surface area contributed by atoms with Crippen LogP contribution in [0, 0.1) is 11.7 Å². The van der Waals surface area contributed by atoms with Crippen molar-refractivity contribution in [2.24, 2.45) is 5.92 Å². The van der Waals surface area contributed by atoms with Gasteiger partial charge in [-0.15, -0.1) is 0 Å². The highest BCUT2D eigenvalue weighted by molar-refractivity contribution is 5.94.